The highest BCUT2D eigenvalue weighted by atomic mass is 14.1. The van der Waals surface area contributed by atoms with Crippen molar-refractivity contribution < 1.29 is 0 Å². The van der Waals surface area contributed by atoms with Gasteiger partial charge in [0.2, 0.25) is 0 Å². The molecule has 0 bridgehead atoms. The Morgan fingerprint density at radius 2 is 1.55 bits per heavy atom. The van der Waals surface area contributed by atoms with Gasteiger partial charge in [-0.1, -0.05) is 26.0 Å². The Kier molecular flexibility index (Phi) is 5.91. The van der Waals surface area contributed by atoms with E-state index in [9.17, 15) is 0 Å². The van der Waals surface area contributed by atoms with E-state index < -0.39 is 0 Å². The maximum atomic E-state index is 3.76. The Hall–Kier alpha value is -0.520. The second-order valence-electron chi connectivity index (χ2n) is 3.54. The summed E-state index contributed by atoms with van der Waals surface area (Å²) in [6.45, 7) is 12.0. The van der Waals surface area contributed by atoms with Crippen LogP contribution in [0.1, 0.15) is 33.1 Å². The predicted octanol–water partition coefficient (Wildman–Crippen LogP) is 3.80. The van der Waals surface area contributed by atoms with E-state index >= 15 is 0 Å². The summed E-state index contributed by atoms with van der Waals surface area (Å²) in [6, 6.07) is 0. The standard InChI is InChI=1S/C11H20/c1-5-7-11(8-6-2)9-10(3)4/h5-6,10-11H,1-2,7-9H2,3-4H3. The molecule has 11 heavy (non-hydrogen) atoms. The Morgan fingerprint density at radius 1 is 1.09 bits per heavy atom. The highest BCUT2D eigenvalue weighted by molar-refractivity contribution is 4.79. The first-order valence-corrected chi connectivity index (χ1v) is 4.42. The summed E-state index contributed by atoms with van der Waals surface area (Å²) >= 11 is 0. The first-order chi connectivity index (χ1) is 5.20. The number of rotatable bonds is 6. The fourth-order valence-corrected chi connectivity index (χ4v) is 1.43. The van der Waals surface area contributed by atoms with Gasteiger partial charge in [0.05, 0.1) is 0 Å². The maximum Gasteiger partial charge on any atom is -0.0322 e. The molecule has 0 heterocycles. The zero-order chi connectivity index (χ0) is 8.69. The van der Waals surface area contributed by atoms with Crippen LogP contribution in [0.5, 0.6) is 0 Å². The average Bonchev–Trinajstić information content (AvgIpc) is 1.87. The fraction of sp³-hybridized carbons (Fsp3) is 0.636. The maximum absolute atomic E-state index is 3.76. The van der Waals surface area contributed by atoms with Gasteiger partial charge in [-0.05, 0) is 31.1 Å². The van der Waals surface area contributed by atoms with Gasteiger partial charge in [0.1, 0.15) is 0 Å². The van der Waals surface area contributed by atoms with Crippen molar-refractivity contribution in [1.82, 2.24) is 0 Å². The molecule has 0 amide bonds. The highest BCUT2D eigenvalue weighted by Gasteiger charge is 2.06. The molecule has 0 aliphatic heterocycles. The molecule has 0 aromatic rings. The molecular formula is C11H20. The minimum atomic E-state index is 0.769. The van der Waals surface area contributed by atoms with Crippen molar-refractivity contribution in [3.8, 4) is 0 Å². The number of allylic oxidation sites excluding steroid dienone is 2. The molecule has 0 unspecified atom stereocenters. The van der Waals surface area contributed by atoms with Gasteiger partial charge in [-0.25, -0.2) is 0 Å². The first kappa shape index (κ1) is 10.5. The van der Waals surface area contributed by atoms with Crippen LogP contribution in [0.15, 0.2) is 25.3 Å². The van der Waals surface area contributed by atoms with Gasteiger partial charge >= 0.3 is 0 Å². The van der Waals surface area contributed by atoms with E-state index in [1.807, 2.05) is 12.2 Å². The van der Waals surface area contributed by atoms with Crippen LogP contribution in [0.4, 0.5) is 0 Å². The molecule has 0 nitrogen and oxygen atoms in total. The fourth-order valence-electron chi connectivity index (χ4n) is 1.43. The van der Waals surface area contributed by atoms with Gasteiger partial charge in [0.15, 0.2) is 0 Å². The zero-order valence-corrected chi connectivity index (χ0v) is 7.84. The monoisotopic (exact) mass is 152 g/mol. The van der Waals surface area contributed by atoms with Crippen LogP contribution in [0.3, 0.4) is 0 Å². The Balaban J connectivity index is 3.67. The van der Waals surface area contributed by atoms with E-state index in [1.165, 1.54) is 6.42 Å². The van der Waals surface area contributed by atoms with Crippen molar-refractivity contribution in [3.05, 3.63) is 25.3 Å². The normalized spacial score (nSPS) is 10.5. The lowest BCUT2D eigenvalue weighted by atomic mass is 9.91. The molecule has 0 aliphatic carbocycles. The number of hydrogen-bond acceptors (Lipinski definition) is 0. The zero-order valence-electron chi connectivity index (χ0n) is 7.84. The molecule has 0 radical (unpaired) electrons. The summed E-state index contributed by atoms with van der Waals surface area (Å²) < 4.78 is 0. The van der Waals surface area contributed by atoms with Gasteiger partial charge in [-0.2, -0.15) is 0 Å². The van der Waals surface area contributed by atoms with Gasteiger partial charge in [-0.3, -0.25) is 0 Å². The molecule has 0 saturated carbocycles. The third-order valence-electron chi connectivity index (χ3n) is 1.80. The van der Waals surface area contributed by atoms with Gasteiger partial charge < -0.3 is 0 Å². The van der Waals surface area contributed by atoms with Crippen LogP contribution < -0.4 is 0 Å². The molecule has 64 valence electrons. The van der Waals surface area contributed by atoms with E-state index in [-0.39, 0.29) is 0 Å². The second kappa shape index (κ2) is 6.21. The van der Waals surface area contributed by atoms with Crippen molar-refractivity contribution in [3.63, 3.8) is 0 Å². The minimum Gasteiger partial charge on any atom is -0.103 e. The average molecular weight is 152 g/mol. The van der Waals surface area contributed by atoms with Gasteiger partial charge in [0, 0.05) is 0 Å². The van der Waals surface area contributed by atoms with Crippen molar-refractivity contribution >= 4 is 0 Å². The lowest BCUT2D eigenvalue weighted by molar-refractivity contribution is 0.416. The molecule has 0 aromatic carbocycles. The van der Waals surface area contributed by atoms with Crippen molar-refractivity contribution in [2.75, 3.05) is 0 Å². The van der Waals surface area contributed by atoms with Crippen molar-refractivity contribution in [1.29, 1.82) is 0 Å². The minimum absolute atomic E-state index is 0.769. The van der Waals surface area contributed by atoms with Crippen molar-refractivity contribution in [2.45, 2.75) is 33.1 Å². The lowest BCUT2D eigenvalue weighted by Crippen LogP contribution is -2.02. The molecule has 0 N–H and O–H groups in total. The third kappa shape index (κ3) is 5.90. The quantitative estimate of drug-likeness (QED) is 0.508. The van der Waals surface area contributed by atoms with Crippen LogP contribution >= 0.6 is 0 Å². The van der Waals surface area contributed by atoms with Crippen LogP contribution in [0, 0.1) is 11.8 Å². The predicted molar refractivity (Wildman–Crippen MR) is 52.6 cm³/mol. The topological polar surface area (TPSA) is 0 Å². The molecule has 0 fully saturated rings. The second-order valence-corrected chi connectivity index (χ2v) is 3.54. The van der Waals surface area contributed by atoms with Gasteiger partial charge in [0.25, 0.3) is 0 Å². The van der Waals surface area contributed by atoms with Crippen LogP contribution in [0.25, 0.3) is 0 Å². The van der Waals surface area contributed by atoms with Crippen LogP contribution in [-0.2, 0) is 0 Å². The molecule has 0 saturated heterocycles. The smallest absolute Gasteiger partial charge is 0.0322 e. The summed E-state index contributed by atoms with van der Waals surface area (Å²) in [6.07, 6.45) is 7.57. The molecule has 0 aromatic heterocycles. The summed E-state index contributed by atoms with van der Waals surface area (Å²) in [5, 5.41) is 0. The Labute approximate surface area is 71.0 Å². The third-order valence-corrected chi connectivity index (χ3v) is 1.80. The first-order valence-electron chi connectivity index (χ1n) is 4.42. The SMILES string of the molecule is C=CCC(CC=C)CC(C)C. The molecule has 0 aliphatic rings. The lowest BCUT2D eigenvalue weighted by Gasteiger charge is -2.14. The largest absolute Gasteiger partial charge is 0.103 e. The van der Waals surface area contributed by atoms with Crippen LogP contribution in [-0.4, -0.2) is 0 Å². The van der Waals surface area contributed by atoms with Crippen LogP contribution in [0.2, 0.25) is 0 Å². The molecule has 0 spiro atoms. The molecule has 0 atom stereocenters. The highest BCUT2D eigenvalue weighted by Crippen LogP contribution is 2.19. The van der Waals surface area contributed by atoms with Crippen molar-refractivity contribution in [2.24, 2.45) is 11.8 Å². The summed E-state index contributed by atoms with van der Waals surface area (Å²) in [5.74, 6) is 1.56. The van der Waals surface area contributed by atoms with E-state index in [0.717, 1.165) is 24.7 Å². The molecular weight excluding hydrogens is 132 g/mol. The van der Waals surface area contributed by atoms with E-state index in [1.54, 1.807) is 0 Å². The van der Waals surface area contributed by atoms with E-state index in [0.29, 0.717) is 0 Å². The van der Waals surface area contributed by atoms with E-state index in [2.05, 4.69) is 27.0 Å². The number of hydrogen-bond donors (Lipinski definition) is 0. The Bertz CT molecular complexity index is 101. The Morgan fingerprint density at radius 3 is 1.82 bits per heavy atom. The van der Waals surface area contributed by atoms with Gasteiger partial charge in [-0.15, -0.1) is 13.2 Å². The summed E-state index contributed by atoms with van der Waals surface area (Å²) in [7, 11) is 0. The summed E-state index contributed by atoms with van der Waals surface area (Å²) in [4.78, 5) is 0. The molecule has 0 rings (SSSR count). The molecule has 0 heteroatoms. The van der Waals surface area contributed by atoms with E-state index in [4.69, 9.17) is 0 Å². The summed E-state index contributed by atoms with van der Waals surface area (Å²) in [5.41, 5.74) is 0.